The van der Waals surface area contributed by atoms with Gasteiger partial charge in [-0.15, -0.1) is 0 Å². The van der Waals surface area contributed by atoms with Gasteiger partial charge in [0, 0.05) is 55.4 Å². The molecule has 1 atom stereocenters. The maximum Gasteiger partial charge on any atom is 0.229 e. The number of anilines is 3. The zero-order valence-electron chi connectivity index (χ0n) is 24.6. The van der Waals surface area contributed by atoms with Crippen molar-refractivity contribution in [1.82, 2.24) is 24.8 Å². The normalized spacial score (nSPS) is 15.7. The highest BCUT2D eigenvalue weighted by molar-refractivity contribution is 5.78. The summed E-state index contributed by atoms with van der Waals surface area (Å²) in [7, 11) is 4.17. The number of likely N-dealkylation sites (N-methyl/N-ethyl adjacent to an activating group) is 1. The molecular weight excluding hydrogens is 510 g/mol. The number of hydrogen-bond acceptors (Lipinski definition) is 8. The van der Waals surface area contributed by atoms with Gasteiger partial charge in [0.2, 0.25) is 5.95 Å². The van der Waals surface area contributed by atoms with Gasteiger partial charge in [-0.1, -0.05) is 6.07 Å². The van der Waals surface area contributed by atoms with E-state index in [9.17, 15) is 0 Å². The van der Waals surface area contributed by atoms with E-state index in [2.05, 4.69) is 63.9 Å². The Morgan fingerprint density at radius 3 is 2.55 bits per heavy atom. The highest BCUT2D eigenvalue weighted by atomic mass is 19.1. The second-order valence-corrected chi connectivity index (χ2v) is 11.5. The second kappa shape index (κ2) is 11.9. The van der Waals surface area contributed by atoms with Crippen LogP contribution in [0.25, 0.3) is 11.3 Å². The summed E-state index contributed by atoms with van der Waals surface area (Å²) in [4.78, 5) is 23.9. The van der Waals surface area contributed by atoms with Gasteiger partial charge in [-0.3, -0.25) is 9.89 Å². The molecule has 0 saturated carbocycles. The largest absolute Gasteiger partial charge is 0.365 e. The first-order chi connectivity index (χ1) is 18.9. The van der Waals surface area contributed by atoms with Crippen molar-refractivity contribution in [3.8, 4) is 11.3 Å². The zero-order valence-corrected chi connectivity index (χ0v) is 24.6. The topological polar surface area (TPSA) is 72.8 Å². The molecule has 0 saturated heterocycles. The molecule has 1 aliphatic heterocycles. The molecule has 0 unspecified atom stereocenters. The fourth-order valence-electron chi connectivity index (χ4n) is 5.17. The Balaban J connectivity index is 1.63. The molecule has 1 aromatic carbocycles. The van der Waals surface area contributed by atoms with Crippen molar-refractivity contribution in [3.63, 3.8) is 0 Å². The average molecular weight is 551 g/mol. The van der Waals surface area contributed by atoms with Gasteiger partial charge in [0.05, 0.1) is 11.9 Å². The minimum Gasteiger partial charge on any atom is -0.365 e. The molecule has 1 N–H and O–H groups in total. The van der Waals surface area contributed by atoms with E-state index < -0.39 is 11.6 Å². The standard InChI is InChI=1S/C30H40F2N8/c1-9-40(30(3,4)5)25-16-21(15-22(31)28(25)33-6)27-23(32)17-34-29(37-27)36-26-11-10-20-18-39(13-12-38(7)8)19(2)14-24(20)35-26/h10-11,15-17,19H,6,9,12-14,18H2,1-5,7-8H3,(H,34,35,36,37)/t19-/m1/s1. The molecule has 0 bridgehead atoms. The number of nitrogens with one attached hydrogen (secondary N) is 1. The molecular formula is C30H40F2N8. The molecule has 0 spiro atoms. The van der Waals surface area contributed by atoms with E-state index in [4.69, 9.17) is 4.98 Å². The van der Waals surface area contributed by atoms with Crippen LogP contribution in [-0.4, -0.2) is 76.8 Å². The SMILES string of the molecule is C=Nc1c(F)cc(-c2nc(Nc3ccc4c(n3)C[C@@H](C)N(CCN(C)C)C4)ncc2F)cc1N(CC)C(C)(C)C. The molecule has 8 nitrogen and oxygen atoms in total. The van der Waals surface area contributed by atoms with E-state index in [-0.39, 0.29) is 28.4 Å². The van der Waals surface area contributed by atoms with Crippen LogP contribution in [0.2, 0.25) is 0 Å². The molecule has 2 aromatic heterocycles. The summed E-state index contributed by atoms with van der Waals surface area (Å²) in [5.41, 5.74) is 2.83. The average Bonchev–Trinajstić information content (AvgIpc) is 2.88. The molecule has 0 radical (unpaired) electrons. The van der Waals surface area contributed by atoms with Gasteiger partial charge in [-0.05, 0) is 79.2 Å². The number of rotatable bonds is 9. The molecule has 10 heteroatoms. The first-order valence-corrected chi connectivity index (χ1v) is 13.7. The number of hydrogen-bond donors (Lipinski definition) is 1. The lowest BCUT2D eigenvalue weighted by Gasteiger charge is -2.37. The van der Waals surface area contributed by atoms with Gasteiger partial charge in [0.15, 0.2) is 11.6 Å². The number of aliphatic imine (C=N–C) groups is 1. The van der Waals surface area contributed by atoms with Crippen LogP contribution in [0.4, 0.5) is 31.9 Å². The molecule has 0 fully saturated rings. The summed E-state index contributed by atoms with van der Waals surface area (Å²) >= 11 is 0. The summed E-state index contributed by atoms with van der Waals surface area (Å²) in [5.74, 6) is -0.494. The molecule has 3 heterocycles. The Morgan fingerprint density at radius 1 is 1.15 bits per heavy atom. The quantitative estimate of drug-likeness (QED) is 0.336. The van der Waals surface area contributed by atoms with Gasteiger partial charge in [-0.25, -0.2) is 23.7 Å². The van der Waals surface area contributed by atoms with Crippen LogP contribution >= 0.6 is 0 Å². The lowest BCUT2D eigenvalue weighted by atomic mass is 9.99. The van der Waals surface area contributed by atoms with Crippen LogP contribution in [0.15, 0.2) is 35.5 Å². The number of nitrogens with zero attached hydrogens (tertiary/aromatic N) is 7. The summed E-state index contributed by atoms with van der Waals surface area (Å²) in [6.45, 7) is 17.3. The van der Waals surface area contributed by atoms with Crippen LogP contribution in [0.1, 0.15) is 45.9 Å². The molecule has 4 rings (SSSR count). The Kier molecular flexibility index (Phi) is 8.80. The minimum atomic E-state index is -0.654. The van der Waals surface area contributed by atoms with Crippen molar-refractivity contribution < 1.29 is 8.78 Å². The zero-order chi connectivity index (χ0) is 29.2. The number of halogens is 2. The molecule has 3 aromatic rings. The highest BCUT2D eigenvalue weighted by Crippen LogP contribution is 2.39. The third-order valence-corrected chi connectivity index (χ3v) is 7.26. The van der Waals surface area contributed by atoms with E-state index in [1.165, 1.54) is 11.6 Å². The van der Waals surface area contributed by atoms with Gasteiger partial charge in [0.1, 0.15) is 17.2 Å². The van der Waals surface area contributed by atoms with Crippen LogP contribution in [0.3, 0.4) is 0 Å². The summed E-state index contributed by atoms with van der Waals surface area (Å²) < 4.78 is 30.2. The first kappa shape index (κ1) is 29.5. The van der Waals surface area contributed by atoms with Gasteiger partial charge < -0.3 is 15.1 Å². The van der Waals surface area contributed by atoms with E-state index >= 15 is 8.78 Å². The number of fused-ring (bicyclic) bond motifs is 1. The lowest BCUT2D eigenvalue weighted by molar-refractivity contribution is 0.166. The summed E-state index contributed by atoms with van der Waals surface area (Å²) in [6.07, 6.45) is 1.92. The maximum absolute atomic E-state index is 15.2. The van der Waals surface area contributed by atoms with Gasteiger partial charge in [0.25, 0.3) is 0 Å². The van der Waals surface area contributed by atoms with Crippen molar-refractivity contribution in [2.45, 2.75) is 59.2 Å². The van der Waals surface area contributed by atoms with Crippen LogP contribution in [0.5, 0.6) is 0 Å². The Hall–Kier alpha value is -3.50. The lowest BCUT2D eigenvalue weighted by Crippen LogP contribution is -2.42. The summed E-state index contributed by atoms with van der Waals surface area (Å²) in [5, 5.41) is 3.11. The molecule has 40 heavy (non-hydrogen) atoms. The Morgan fingerprint density at radius 2 is 1.90 bits per heavy atom. The van der Waals surface area contributed by atoms with Crippen LogP contribution in [-0.2, 0) is 13.0 Å². The Labute approximate surface area is 236 Å². The van der Waals surface area contributed by atoms with Gasteiger partial charge in [-0.2, -0.15) is 0 Å². The Bertz CT molecular complexity index is 1370. The third-order valence-electron chi connectivity index (χ3n) is 7.26. The van der Waals surface area contributed by atoms with Crippen LogP contribution in [0, 0.1) is 11.6 Å². The van der Waals surface area contributed by atoms with E-state index in [1.807, 2.05) is 38.7 Å². The maximum atomic E-state index is 15.2. The number of pyridine rings is 1. The predicted molar refractivity (Wildman–Crippen MR) is 159 cm³/mol. The van der Waals surface area contributed by atoms with Crippen LogP contribution < -0.4 is 10.2 Å². The monoisotopic (exact) mass is 550 g/mol. The summed E-state index contributed by atoms with van der Waals surface area (Å²) in [6, 6.07) is 7.27. The number of aromatic nitrogens is 3. The van der Waals surface area contributed by atoms with E-state index in [0.29, 0.717) is 24.1 Å². The third kappa shape index (κ3) is 6.45. The van der Waals surface area contributed by atoms with Crippen molar-refractivity contribution in [2.75, 3.05) is 43.9 Å². The fourth-order valence-corrected chi connectivity index (χ4v) is 5.17. The van der Waals surface area contributed by atoms with E-state index in [1.54, 1.807) is 6.07 Å². The van der Waals surface area contributed by atoms with Crippen molar-refractivity contribution in [3.05, 3.63) is 53.4 Å². The highest BCUT2D eigenvalue weighted by Gasteiger charge is 2.26. The molecule has 214 valence electrons. The van der Waals surface area contributed by atoms with Crippen molar-refractivity contribution >= 4 is 29.9 Å². The fraction of sp³-hybridized carbons (Fsp3) is 0.467. The smallest absolute Gasteiger partial charge is 0.229 e. The van der Waals surface area contributed by atoms with Gasteiger partial charge >= 0.3 is 0 Å². The number of benzene rings is 1. The predicted octanol–water partition coefficient (Wildman–Crippen LogP) is 5.83. The first-order valence-electron chi connectivity index (χ1n) is 13.7. The van der Waals surface area contributed by atoms with Crippen molar-refractivity contribution in [2.24, 2.45) is 4.99 Å². The van der Waals surface area contributed by atoms with Crippen molar-refractivity contribution in [1.29, 1.82) is 0 Å². The minimum absolute atomic E-state index is 0.0126. The van der Waals surface area contributed by atoms with E-state index in [0.717, 1.165) is 37.9 Å². The molecule has 1 aliphatic rings. The molecule has 0 amide bonds. The molecule has 0 aliphatic carbocycles. The second-order valence-electron chi connectivity index (χ2n) is 11.5.